The van der Waals surface area contributed by atoms with E-state index in [2.05, 4.69) is 33.4 Å². The molecule has 0 saturated carbocycles. The molecule has 3 aromatic carbocycles. The maximum atomic E-state index is 13.4. The number of benzene rings is 3. The Bertz CT molecular complexity index is 1140. The van der Waals surface area contributed by atoms with Crippen LogP contribution in [0, 0.1) is 0 Å². The Balaban J connectivity index is 1.47. The number of hydrogen-bond donors (Lipinski definition) is 1. The third-order valence-corrected chi connectivity index (χ3v) is 6.85. The average molecular weight is 536 g/mol. The summed E-state index contributed by atoms with van der Waals surface area (Å²) in [4.78, 5) is 29.8. The maximum Gasteiger partial charge on any atom is 0.252 e. The van der Waals surface area contributed by atoms with Gasteiger partial charge in [0.25, 0.3) is 5.91 Å². The minimum atomic E-state index is -0.609. The Labute approximate surface area is 213 Å². The summed E-state index contributed by atoms with van der Waals surface area (Å²) < 4.78 is 0.933. The molecular formula is C27H26BrN3O2S. The zero-order chi connectivity index (χ0) is 23.9. The fourth-order valence-electron chi connectivity index (χ4n) is 4.05. The second kappa shape index (κ2) is 11.4. The third-order valence-electron chi connectivity index (χ3n) is 5.86. The molecule has 1 heterocycles. The molecular weight excluding hydrogens is 510 g/mol. The van der Waals surface area contributed by atoms with Crippen molar-refractivity contribution in [3.63, 3.8) is 0 Å². The van der Waals surface area contributed by atoms with E-state index in [1.54, 1.807) is 4.90 Å². The molecule has 4 rings (SSSR count). The molecule has 2 amide bonds. The molecule has 174 valence electrons. The van der Waals surface area contributed by atoms with Crippen LogP contribution in [0.1, 0.15) is 17.5 Å². The fourth-order valence-corrected chi connectivity index (χ4v) is 4.72. The van der Waals surface area contributed by atoms with E-state index in [4.69, 9.17) is 12.2 Å². The van der Waals surface area contributed by atoms with Crippen molar-refractivity contribution in [3.05, 3.63) is 101 Å². The first kappa shape index (κ1) is 24.1. The molecule has 0 bridgehead atoms. The molecule has 34 heavy (non-hydrogen) atoms. The van der Waals surface area contributed by atoms with Crippen molar-refractivity contribution in [2.45, 2.75) is 25.3 Å². The molecule has 1 aliphatic rings. The van der Waals surface area contributed by atoms with Crippen molar-refractivity contribution in [2.75, 3.05) is 18.4 Å². The lowest BCUT2D eigenvalue weighted by Gasteiger charge is -2.24. The molecule has 1 atom stereocenters. The van der Waals surface area contributed by atoms with Crippen LogP contribution < -0.4 is 5.32 Å². The standard InChI is InChI=1S/C27H26BrN3O2S/c28-22-11-13-23(14-12-22)29-25(32)19-24-26(33)31(18-16-21-9-5-2-6-10-21)27(34)30(24)17-15-20-7-3-1-4-8-20/h1-14,24H,15-19H2,(H,29,32). The largest absolute Gasteiger partial charge is 0.336 e. The molecule has 3 aromatic rings. The monoisotopic (exact) mass is 535 g/mol. The molecule has 1 saturated heterocycles. The van der Waals surface area contributed by atoms with Gasteiger partial charge < -0.3 is 10.2 Å². The van der Waals surface area contributed by atoms with Crippen molar-refractivity contribution in [1.82, 2.24) is 9.80 Å². The number of nitrogens with zero attached hydrogens (tertiary/aromatic N) is 2. The molecule has 0 spiro atoms. The summed E-state index contributed by atoms with van der Waals surface area (Å²) in [6, 6.07) is 26.9. The number of anilines is 1. The number of halogens is 1. The highest BCUT2D eigenvalue weighted by molar-refractivity contribution is 9.10. The predicted octanol–water partition coefficient (Wildman–Crippen LogP) is 5.06. The highest BCUT2D eigenvalue weighted by Gasteiger charge is 2.42. The molecule has 7 heteroatoms. The minimum Gasteiger partial charge on any atom is -0.336 e. The zero-order valence-electron chi connectivity index (χ0n) is 18.7. The number of thiocarbonyl (C=S) groups is 1. The zero-order valence-corrected chi connectivity index (χ0v) is 21.1. The van der Waals surface area contributed by atoms with Gasteiger partial charge in [-0.25, -0.2) is 0 Å². The van der Waals surface area contributed by atoms with Crippen LogP contribution in [-0.2, 0) is 22.4 Å². The molecule has 1 aliphatic heterocycles. The summed E-state index contributed by atoms with van der Waals surface area (Å²) in [5.41, 5.74) is 3.00. The molecule has 1 unspecified atom stereocenters. The molecule has 0 radical (unpaired) electrons. The maximum absolute atomic E-state index is 13.4. The minimum absolute atomic E-state index is 0.0473. The van der Waals surface area contributed by atoms with Gasteiger partial charge in [0.05, 0.1) is 6.42 Å². The lowest BCUT2D eigenvalue weighted by molar-refractivity contribution is -0.130. The second-order valence-corrected chi connectivity index (χ2v) is 9.49. The van der Waals surface area contributed by atoms with E-state index in [-0.39, 0.29) is 18.2 Å². The summed E-state index contributed by atoms with van der Waals surface area (Å²) in [6.45, 7) is 1.07. The van der Waals surface area contributed by atoms with E-state index in [9.17, 15) is 9.59 Å². The SMILES string of the molecule is O=C(CC1C(=O)N(CCc2ccccc2)C(=S)N1CCc1ccccc1)Nc1ccc(Br)cc1. The van der Waals surface area contributed by atoms with E-state index in [1.807, 2.05) is 77.7 Å². The van der Waals surface area contributed by atoms with E-state index in [1.165, 1.54) is 5.56 Å². The highest BCUT2D eigenvalue weighted by atomic mass is 79.9. The number of rotatable bonds is 9. The number of hydrogen-bond acceptors (Lipinski definition) is 3. The lowest BCUT2D eigenvalue weighted by Crippen LogP contribution is -2.39. The van der Waals surface area contributed by atoms with Crippen LogP contribution >= 0.6 is 28.1 Å². The first-order valence-corrected chi connectivity index (χ1v) is 12.5. The summed E-state index contributed by atoms with van der Waals surface area (Å²) in [7, 11) is 0. The number of carbonyl (C=O) groups is 2. The Hall–Kier alpha value is -3.03. The topological polar surface area (TPSA) is 52.7 Å². The van der Waals surface area contributed by atoms with Gasteiger partial charge in [0.15, 0.2) is 5.11 Å². The van der Waals surface area contributed by atoms with Gasteiger partial charge in [-0.15, -0.1) is 0 Å². The summed E-state index contributed by atoms with van der Waals surface area (Å²) in [6.07, 6.45) is 1.49. The van der Waals surface area contributed by atoms with Crippen LogP contribution in [0.4, 0.5) is 5.69 Å². The van der Waals surface area contributed by atoms with Gasteiger partial charge in [-0.05, 0) is 60.5 Å². The van der Waals surface area contributed by atoms with Gasteiger partial charge in [-0.3, -0.25) is 14.5 Å². The smallest absolute Gasteiger partial charge is 0.252 e. The van der Waals surface area contributed by atoms with Crippen molar-refractivity contribution in [1.29, 1.82) is 0 Å². The normalized spacial score (nSPS) is 15.6. The number of amides is 2. The van der Waals surface area contributed by atoms with Gasteiger partial charge in [0.1, 0.15) is 6.04 Å². The Kier molecular flexibility index (Phi) is 8.08. The van der Waals surface area contributed by atoms with Crippen LogP contribution in [0.25, 0.3) is 0 Å². The summed E-state index contributed by atoms with van der Waals surface area (Å²) in [5.74, 6) is -0.321. The van der Waals surface area contributed by atoms with Crippen LogP contribution in [0.2, 0.25) is 0 Å². The van der Waals surface area contributed by atoms with Gasteiger partial charge in [0, 0.05) is 23.2 Å². The fraction of sp³-hybridized carbons (Fsp3) is 0.222. The highest BCUT2D eigenvalue weighted by Crippen LogP contribution is 2.23. The number of carbonyl (C=O) groups excluding carboxylic acids is 2. The molecule has 1 N–H and O–H groups in total. The Morgan fingerprint density at radius 2 is 1.41 bits per heavy atom. The summed E-state index contributed by atoms with van der Waals surface area (Å²) in [5, 5.41) is 3.40. The average Bonchev–Trinajstić information content (AvgIpc) is 3.07. The Morgan fingerprint density at radius 3 is 2.00 bits per heavy atom. The predicted molar refractivity (Wildman–Crippen MR) is 142 cm³/mol. The van der Waals surface area contributed by atoms with Crippen molar-refractivity contribution in [3.8, 4) is 0 Å². The first-order valence-electron chi connectivity index (χ1n) is 11.3. The van der Waals surface area contributed by atoms with Crippen molar-refractivity contribution >= 4 is 50.8 Å². The van der Waals surface area contributed by atoms with E-state index < -0.39 is 6.04 Å². The molecule has 0 aliphatic carbocycles. The first-order chi connectivity index (χ1) is 16.5. The quantitative estimate of drug-likeness (QED) is 0.389. The van der Waals surface area contributed by atoms with Crippen molar-refractivity contribution < 1.29 is 9.59 Å². The van der Waals surface area contributed by atoms with Gasteiger partial charge in [-0.1, -0.05) is 76.6 Å². The van der Waals surface area contributed by atoms with E-state index in [0.29, 0.717) is 30.3 Å². The Morgan fingerprint density at radius 1 is 0.853 bits per heavy atom. The van der Waals surface area contributed by atoms with E-state index in [0.717, 1.165) is 16.5 Å². The van der Waals surface area contributed by atoms with Crippen LogP contribution in [0.5, 0.6) is 0 Å². The molecule has 5 nitrogen and oxygen atoms in total. The van der Waals surface area contributed by atoms with Crippen LogP contribution in [0.3, 0.4) is 0 Å². The van der Waals surface area contributed by atoms with Crippen LogP contribution in [-0.4, -0.2) is 45.9 Å². The van der Waals surface area contributed by atoms with Crippen molar-refractivity contribution in [2.24, 2.45) is 0 Å². The van der Waals surface area contributed by atoms with E-state index >= 15 is 0 Å². The van der Waals surface area contributed by atoms with Crippen LogP contribution in [0.15, 0.2) is 89.4 Å². The van der Waals surface area contributed by atoms with Gasteiger partial charge in [0.2, 0.25) is 5.91 Å². The summed E-state index contributed by atoms with van der Waals surface area (Å²) >= 11 is 9.13. The third kappa shape index (κ3) is 6.10. The van der Waals surface area contributed by atoms with Gasteiger partial charge >= 0.3 is 0 Å². The number of nitrogens with one attached hydrogen (secondary N) is 1. The van der Waals surface area contributed by atoms with Gasteiger partial charge in [-0.2, -0.15) is 0 Å². The molecule has 1 fully saturated rings. The second-order valence-electron chi connectivity index (χ2n) is 8.21. The lowest BCUT2D eigenvalue weighted by atomic mass is 10.1. The molecule has 0 aromatic heterocycles.